The summed E-state index contributed by atoms with van der Waals surface area (Å²) < 4.78 is 26.6. The molecule has 0 unspecified atom stereocenters. The van der Waals surface area contributed by atoms with Crippen LogP contribution in [0.2, 0.25) is 0 Å². The summed E-state index contributed by atoms with van der Waals surface area (Å²) in [6, 6.07) is 10.2. The fourth-order valence-corrected chi connectivity index (χ4v) is 3.84. The normalized spacial score (nSPS) is 13.0. The maximum absolute atomic E-state index is 12.7. The van der Waals surface area contributed by atoms with E-state index in [0.29, 0.717) is 16.5 Å². The molecule has 3 N–H and O–H groups in total. The van der Waals surface area contributed by atoms with E-state index in [4.69, 9.17) is 5.73 Å². The van der Waals surface area contributed by atoms with E-state index in [-0.39, 0.29) is 11.4 Å². The molecule has 2 aromatic rings. The Labute approximate surface area is 125 Å². The van der Waals surface area contributed by atoms with E-state index in [2.05, 4.69) is 0 Å². The van der Waals surface area contributed by atoms with Crippen molar-refractivity contribution >= 4 is 26.5 Å². The number of likely N-dealkylation sites (N-methyl/N-ethyl adjacent to an activating group) is 1. The van der Waals surface area contributed by atoms with Crippen LogP contribution in [0.15, 0.2) is 41.3 Å². The fourth-order valence-electron chi connectivity index (χ4n) is 2.32. The highest BCUT2D eigenvalue weighted by molar-refractivity contribution is 7.89. The summed E-state index contributed by atoms with van der Waals surface area (Å²) in [4.78, 5) is 0.194. The fraction of sp³-hybridized carbons (Fsp3) is 0.333. The van der Waals surface area contributed by atoms with Crippen LogP contribution in [0, 0.1) is 0 Å². The SMILES string of the molecule is CN(CC(C)(C)O)S(=O)(=O)c1ccc(N)c2ccccc12. The molecule has 0 amide bonds. The molecule has 0 atom stereocenters. The van der Waals surface area contributed by atoms with Crippen molar-refractivity contribution in [1.29, 1.82) is 0 Å². The number of nitrogen functional groups attached to an aromatic ring is 1. The number of fused-ring (bicyclic) bond motifs is 1. The molecule has 114 valence electrons. The molecule has 0 heterocycles. The van der Waals surface area contributed by atoms with Crippen molar-refractivity contribution in [3.63, 3.8) is 0 Å². The van der Waals surface area contributed by atoms with Gasteiger partial charge in [0.2, 0.25) is 10.0 Å². The maximum Gasteiger partial charge on any atom is 0.243 e. The lowest BCUT2D eigenvalue weighted by atomic mass is 10.1. The quantitative estimate of drug-likeness (QED) is 0.844. The molecule has 6 heteroatoms. The van der Waals surface area contributed by atoms with Gasteiger partial charge in [-0.1, -0.05) is 24.3 Å². The van der Waals surface area contributed by atoms with E-state index in [1.54, 1.807) is 38.1 Å². The summed E-state index contributed by atoms with van der Waals surface area (Å²) in [5.74, 6) is 0. The second-order valence-electron chi connectivity index (χ2n) is 5.77. The van der Waals surface area contributed by atoms with Crippen LogP contribution in [-0.4, -0.2) is 37.0 Å². The highest BCUT2D eigenvalue weighted by Gasteiger charge is 2.27. The number of nitrogens with zero attached hydrogens (tertiary/aromatic N) is 1. The zero-order chi connectivity index (χ0) is 15.8. The van der Waals surface area contributed by atoms with Crippen molar-refractivity contribution in [2.45, 2.75) is 24.3 Å². The first-order valence-electron chi connectivity index (χ1n) is 6.59. The van der Waals surface area contributed by atoms with Crippen LogP contribution >= 0.6 is 0 Å². The van der Waals surface area contributed by atoms with Crippen molar-refractivity contribution in [2.24, 2.45) is 0 Å². The number of hydrogen-bond acceptors (Lipinski definition) is 4. The monoisotopic (exact) mass is 308 g/mol. The van der Waals surface area contributed by atoms with Crippen LogP contribution in [0.3, 0.4) is 0 Å². The summed E-state index contributed by atoms with van der Waals surface area (Å²) in [6.07, 6.45) is 0. The molecule has 5 nitrogen and oxygen atoms in total. The molecule has 0 radical (unpaired) electrons. The predicted molar refractivity (Wildman–Crippen MR) is 84.5 cm³/mol. The molecule has 0 aliphatic carbocycles. The standard InChI is InChI=1S/C15H20N2O3S/c1-15(2,18)10-17(3)21(19,20)14-9-8-13(16)11-6-4-5-7-12(11)14/h4-9,18H,10,16H2,1-3H3. The second-order valence-corrected chi connectivity index (χ2v) is 7.79. The van der Waals surface area contributed by atoms with Gasteiger partial charge in [-0.25, -0.2) is 8.42 Å². The molecular formula is C15H20N2O3S. The molecular weight excluding hydrogens is 288 g/mol. The number of aliphatic hydroxyl groups is 1. The zero-order valence-corrected chi connectivity index (χ0v) is 13.2. The Morgan fingerprint density at radius 1 is 1.14 bits per heavy atom. The van der Waals surface area contributed by atoms with E-state index >= 15 is 0 Å². The van der Waals surface area contributed by atoms with Crippen LogP contribution < -0.4 is 5.73 Å². The van der Waals surface area contributed by atoms with Gasteiger partial charge in [0.05, 0.1) is 10.5 Å². The Hall–Kier alpha value is -1.63. The third kappa shape index (κ3) is 3.18. The summed E-state index contributed by atoms with van der Waals surface area (Å²) in [5, 5.41) is 11.1. The van der Waals surface area contributed by atoms with Gasteiger partial charge in [-0.3, -0.25) is 0 Å². The average Bonchev–Trinajstić information content (AvgIpc) is 2.37. The Bertz CT molecular complexity index is 764. The molecule has 0 aromatic heterocycles. The largest absolute Gasteiger partial charge is 0.398 e. The van der Waals surface area contributed by atoms with Crippen molar-refractivity contribution in [3.05, 3.63) is 36.4 Å². The lowest BCUT2D eigenvalue weighted by Crippen LogP contribution is -2.39. The molecule has 0 saturated heterocycles. The van der Waals surface area contributed by atoms with E-state index < -0.39 is 15.6 Å². The summed E-state index contributed by atoms with van der Waals surface area (Å²) in [6.45, 7) is 3.15. The van der Waals surface area contributed by atoms with E-state index in [0.717, 1.165) is 4.31 Å². The first-order chi connectivity index (χ1) is 9.63. The molecule has 0 aliphatic heterocycles. The summed E-state index contributed by atoms with van der Waals surface area (Å²) >= 11 is 0. The van der Waals surface area contributed by atoms with Gasteiger partial charge in [0.25, 0.3) is 0 Å². The van der Waals surface area contributed by atoms with Crippen LogP contribution in [0.25, 0.3) is 10.8 Å². The van der Waals surface area contributed by atoms with E-state index in [1.807, 2.05) is 6.07 Å². The first-order valence-corrected chi connectivity index (χ1v) is 8.03. The van der Waals surface area contributed by atoms with Crippen LogP contribution in [-0.2, 0) is 10.0 Å². The third-order valence-electron chi connectivity index (χ3n) is 3.22. The van der Waals surface area contributed by atoms with Gasteiger partial charge in [0.15, 0.2) is 0 Å². The summed E-state index contributed by atoms with van der Waals surface area (Å²) in [5.41, 5.74) is 5.33. The Kier molecular flexibility index (Phi) is 3.97. The molecule has 2 aromatic carbocycles. The van der Waals surface area contributed by atoms with Crippen molar-refractivity contribution in [3.8, 4) is 0 Å². The third-order valence-corrected chi connectivity index (χ3v) is 5.08. The molecule has 0 spiro atoms. The number of sulfonamides is 1. The Morgan fingerprint density at radius 3 is 2.29 bits per heavy atom. The molecule has 0 aliphatic rings. The maximum atomic E-state index is 12.7. The number of anilines is 1. The van der Waals surface area contributed by atoms with Crippen molar-refractivity contribution < 1.29 is 13.5 Å². The Morgan fingerprint density at radius 2 is 1.71 bits per heavy atom. The smallest absolute Gasteiger partial charge is 0.243 e. The lowest BCUT2D eigenvalue weighted by molar-refractivity contribution is 0.0640. The number of hydrogen-bond donors (Lipinski definition) is 2. The highest BCUT2D eigenvalue weighted by Crippen LogP contribution is 2.29. The van der Waals surface area contributed by atoms with Crippen molar-refractivity contribution in [2.75, 3.05) is 19.3 Å². The zero-order valence-electron chi connectivity index (χ0n) is 12.4. The number of nitrogens with two attached hydrogens (primary N) is 1. The van der Waals surface area contributed by atoms with Gasteiger partial charge in [0, 0.05) is 30.1 Å². The van der Waals surface area contributed by atoms with Gasteiger partial charge < -0.3 is 10.8 Å². The average molecular weight is 308 g/mol. The topological polar surface area (TPSA) is 83.6 Å². The van der Waals surface area contributed by atoms with Gasteiger partial charge in [-0.15, -0.1) is 0 Å². The number of rotatable bonds is 4. The minimum Gasteiger partial charge on any atom is -0.398 e. The molecule has 0 fully saturated rings. The van der Waals surface area contributed by atoms with E-state index in [1.165, 1.54) is 13.1 Å². The molecule has 0 bridgehead atoms. The lowest BCUT2D eigenvalue weighted by Gasteiger charge is -2.25. The minimum absolute atomic E-state index is 0.00797. The van der Waals surface area contributed by atoms with Crippen LogP contribution in [0.5, 0.6) is 0 Å². The first kappa shape index (κ1) is 15.8. The van der Waals surface area contributed by atoms with Gasteiger partial charge in [0.1, 0.15) is 0 Å². The Balaban J connectivity index is 2.58. The number of benzene rings is 2. The van der Waals surface area contributed by atoms with Crippen LogP contribution in [0.1, 0.15) is 13.8 Å². The van der Waals surface area contributed by atoms with Gasteiger partial charge >= 0.3 is 0 Å². The van der Waals surface area contributed by atoms with Gasteiger partial charge in [-0.2, -0.15) is 4.31 Å². The van der Waals surface area contributed by atoms with E-state index in [9.17, 15) is 13.5 Å². The summed E-state index contributed by atoms with van der Waals surface area (Å²) in [7, 11) is -2.24. The van der Waals surface area contributed by atoms with Crippen LogP contribution in [0.4, 0.5) is 5.69 Å². The molecule has 21 heavy (non-hydrogen) atoms. The highest BCUT2D eigenvalue weighted by atomic mass is 32.2. The minimum atomic E-state index is -3.70. The second kappa shape index (κ2) is 5.29. The predicted octanol–water partition coefficient (Wildman–Crippen LogP) is 1.81. The van der Waals surface area contributed by atoms with Crippen molar-refractivity contribution in [1.82, 2.24) is 4.31 Å². The molecule has 2 rings (SSSR count). The molecule has 0 saturated carbocycles. The van der Waals surface area contributed by atoms with Gasteiger partial charge in [-0.05, 0) is 26.0 Å².